The number of hydrogen-bond donors (Lipinski definition) is 3. The third-order valence-corrected chi connectivity index (χ3v) is 13.9. The summed E-state index contributed by atoms with van der Waals surface area (Å²) < 4.78 is 28.4. The molecule has 3 N–H and O–H groups in total. The summed E-state index contributed by atoms with van der Waals surface area (Å²) >= 11 is 0. The molecule has 0 bridgehead atoms. The van der Waals surface area contributed by atoms with E-state index in [9.17, 15) is 34.5 Å². The highest BCUT2D eigenvalue weighted by Crippen LogP contribution is 2.27. The summed E-state index contributed by atoms with van der Waals surface area (Å²) in [5.74, 6) is -3.12. The zero-order valence-electron chi connectivity index (χ0n) is 47.8. The van der Waals surface area contributed by atoms with Crippen LogP contribution in [-0.4, -0.2) is 89.2 Å². The molecule has 12 nitrogen and oxygen atoms in total. The molecule has 0 spiro atoms. The second kappa shape index (κ2) is 51.4. The lowest BCUT2D eigenvalue weighted by molar-refractivity contribution is -0.301. The quantitative estimate of drug-likeness (QED) is 0.0228. The minimum atomic E-state index is -1.90. The predicted octanol–water partition coefficient (Wildman–Crippen LogP) is 15.8. The summed E-state index contributed by atoms with van der Waals surface area (Å²) in [6, 6.07) is 0. The molecular formula is C63H110O12. The third kappa shape index (κ3) is 41.5. The number of rotatable bonds is 52. The lowest BCUT2D eigenvalue weighted by atomic mass is 9.98. The topological polar surface area (TPSA) is 175 Å². The van der Waals surface area contributed by atoms with Crippen LogP contribution in [0.15, 0.2) is 48.6 Å². The molecule has 0 aliphatic carbocycles. The predicted molar refractivity (Wildman–Crippen MR) is 303 cm³/mol. The maximum atomic E-state index is 13.1. The van der Waals surface area contributed by atoms with E-state index in [0.29, 0.717) is 19.3 Å². The number of aliphatic carboxylic acids is 1. The van der Waals surface area contributed by atoms with Gasteiger partial charge >= 0.3 is 23.9 Å². The normalized spacial score (nSPS) is 18.4. The van der Waals surface area contributed by atoms with Crippen LogP contribution in [0.2, 0.25) is 0 Å². The fourth-order valence-corrected chi connectivity index (χ4v) is 9.19. The SMILES string of the molecule is CC/C=C\C/C=C\C/C=C\CCCCCCCCCC(=O)OCC(COC1OC(C(=O)O)C(O)C(O)C1OC(=O)CCCCCCCCCCCCCCCCCCC)OC(=O)CCCCCCC/C=C\CCCC. The molecule has 75 heavy (non-hydrogen) atoms. The molecule has 6 unspecified atom stereocenters. The first-order chi connectivity index (χ1) is 36.6. The Morgan fingerprint density at radius 1 is 0.453 bits per heavy atom. The van der Waals surface area contributed by atoms with Gasteiger partial charge < -0.3 is 39.0 Å². The highest BCUT2D eigenvalue weighted by atomic mass is 16.7. The van der Waals surface area contributed by atoms with Crippen molar-refractivity contribution < 1.29 is 58.2 Å². The number of carboxylic acid groups (broad SMARTS) is 1. The van der Waals surface area contributed by atoms with Crippen molar-refractivity contribution in [3.8, 4) is 0 Å². The molecule has 0 aromatic carbocycles. The van der Waals surface area contributed by atoms with Crippen molar-refractivity contribution in [1.29, 1.82) is 0 Å². The van der Waals surface area contributed by atoms with Crippen LogP contribution in [0.25, 0.3) is 0 Å². The Morgan fingerprint density at radius 3 is 1.33 bits per heavy atom. The standard InChI is InChI=1S/C63H110O12/c1-4-7-10-13-16-19-22-24-26-28-30-32-35-37-40-43-46-49-55(64)71-52-54(73-56(65)50-47-44-41-38-34-21-18-15-12-9-6-3)53-72-63-61(59(68)58(67)60(75-63)62(69)70)74-57(66)51-48-45-42-39-36-33-31-29-27-25-23-20-17-14-11-8-5-2/h7,10,15-16,18-19,24,26,54,58-61,63,67-68H,4-6,8-9,11-14,17,20-23,25,27-53H2,1-3H3,(H,69,70)/b10-7-,18-15-,19-16-,26-24-. The number of aliphatic hydroxyl groups is 2. The first-order valence-electron chi connectivity index (χ1n) is 30.6. The van der Waals surface area contributed by atoms with E-state index in [1.165, 1.54) is 103 Å². The Balaban J connectivity index is 2.64. The Bertz CT molecular complexity index is 1490. The largest absolute Gasteiger partial charge is 0.479 e. The second-order valence-electron chi connectivity index (χ2n) is 21.0. The van der Waals surface area contributed by atoms with Gasteiger partial charge in [-0.3, -0.25) is 14.4 Å². The van der Waals surface area contributed by atoms with Crippen molar-refractivity contribution >= 4 is 23.9 Å². The van der Waals surface area contributed by atoms with Gasteiger partial charge in [-0.2, -0.15) is 0 Å². The Morgan fingerprint density at radius 2 is 0.853 bits per heavy atom. The lowest BCUT2D eigenvalue weighted by Crippen LogP contribution is -2.61. The van der Waals surface area contributed by atoms with Crippen LogP contribution in [0.3, 0.4) is 0 Å². The van der Waals surface area contributed by atoms with Gasteiger partial charge in [0.05, 0.1) is 6.61 Å². The van der Waals surface area contributed by atoms with Crippen LogP contribution < -0.4 is 0 Å². The number of carbonyl (C=O) groups excluding carboxylic acids is 3. The number of allylic oxidation sites excluding steroid dienone is 8. The number of unbranched alkanes of at least 4 members (excludes halogenated alkanes) is 30. The first-order valence-corrected chi connectivity index (χ1v) is 30.6. The zero-order valence-corrected chi connectivity index (χ0v) is 47.8. The maximum Gasteiger partial charge on any atom is 0.335 e. The molecule has 0 aromatic rings. The van der Waals surface area contributed by atoms with E-state index in [4.69, 9.17) is 23.7 Å². The third-order valence-electron chi connectivity index (χ3n) is 13.9. The average molecular weight is 1060 g/mol. The van der Waals surface area contributed by atoms with E-state index in [-0.39, 0.29) is 25.9 Å². The monoisotopic (exact) mass is 1060 g/mol. The van der Waals surface area contributed by atoms with Crippen LogP contribution in [-0.2, 0) is 42.9 Å². The molecule has 1 rings (SSSR count). The van der Waals surface area contributed by atoms with Gasteiger partial charge in [0.1, 0.15) is 18.8 Å². The van der Waals surface area contributed by atoms with E-state index in [1.54, 1.807) is 0 Å². The van der Waals surface area contributed by atoms with Gasteiger partial charge in [-0.1, -0.05) is 236 Å². The van der Waals surface area contributed by atoms with Gasteiger partial charge in [0, 0.05) is 19.3 Å². The Labute approximate surface area is 456 Å². The van der Waals surface area contributed by atoms with Crippen LogP contribution >= 0.6 is 0 Å². The van der Waals surface area contributed by atoms with Gasteiger partial charge in [-0.15, -0.1) is 0 Å². The Kier molecular flexibility index (Phi) is 47.8. The van der Waals surface area contributed by atoms with E-state index in [0.717, 1.165) is 116 Å². The van der Waals surface area contributed by atoms with E-state index < -0.39 is 67.3 Å². The van der Waals surface area contributed by atoms with Crippen LogP contribution in [0.4, 0.5) is 0 Å². The summed E-state index contributed by atoms with van der Waals surface area (Å²) in [4.78, 5) is 51.1. The summed E-state index contributed by atoms with van der Waals surface area (Å²) in [7, 11) is 0. The van der Waals surface area contributed by atoms with E-state index in [1.807, 2.05) is 0 Å². The lowest BCUT2D eigenvalue weighted by Gasteiger charge is -2.40. The minimum absolute atomic E-state index is 0.0630. The molecule has 1 heterocycles. The smallest absolute Gasteiger partial charge is 0.335 e. The molecule has 0 saturated carbocycles. The second-order valence-corrected chi connectivity index (χ2v) is 21.0. The van der Waals surface area contributed by atoms with Crippen LogP contribution in [0.1, 0.15) is 278 Å². The van der Waals surface area contributed by atoms with Crippen LogP contribution in [0, 0.1) is 0 Å². The number of ether oxygens (including phenoxy) is 5. The van der Waals surface area contributed by atoms with Crippen molar-refractivity contribution in [2.45, 2.75) is 314 Å². The van der Waals surface area contributed by atoms with E-state index in [2.05, 4.69) is 69.4 Å². The molecule has 1 fully saturated rings. The summed E-state index contributed by atoms with van der Waals surface area (Å²) in [6.07, 6.45) is 49.4. The maximum absolute atomic E-state index is 13.1. The van der Waals surface area contributed by atoms with Gasteiger partial charge in [0.15, 0.2) is 24.6 Å². The van der Waals surface area contributed by atoms with Crippen molar-refractivity contribution in [3.63, 3.8) is 0 Å². The molecule has 0 amide bonds. The molecule has 1 saturated heterocycles. The molecule has 0 aromatic heterocycles. The van der Waals surface area contributed by atoms with Crippen LogP contribution in [0.5, 0.6) is 0 Å². The first kappa shape index (κ1) is 69.7. The van der Waals surface area contributed by atoms with Gasteiger partial charge in [-0.25, -0.2) is 4.79 Å². The van der Waals surface area contributed by atoms with Gasteiger partial charge in [-0.05, 0) is 70.6 Å². The molecule has 1 aliphatic rings. The number of carbonyl (C=O) groups is 4. The summed E-state index contributed by atoms with van der Waals surface area (Å²) in [6.45, 7) is 5.85. The van der Waals surface area contributed by atoms with Gasteiger partial charge in [0.2, 0.25) is 0 Å². The average Bonchev–Trinajstić information content (AvgIpc) is 3.39. The van der Waals surface area contributed by atoms with Gasteiger partial charge in [0.25, 0.3) is 0 Å². The molecule has 6 atom stereocenters. The fraction of sp³-hybridized carbons (Fsp3) is 0.810. The van der Waals surface area contributed by atoms with Crippen molar-refractivity contribution in [3.05, 3.63) is 48.6 Å². The highest BCUT2D eigenvalue weighted by Gasteiger charge is 2.50. The highest BCUT2D eigenvalue weighted by molar-refractivity contribution is 5.74. The molecule has 0 radical (unpaired) electrons. The van der Waals surface area contributed by atoms with Crippen molar-refractivity contribution in [2.75, 3.05) is 13.2 Å². The Hall–Kier alpha value is -3.32. The number of carboxylic acids is 1. The fourth-order valence-electron chi connectivity index (χ4n) is 9.19. The summed E-state index contributed by atoms with van der Waals surface area (Å²) in [5, 5.41) is 31.5. The molecular weight excluding hydrogens is 949 g/mol. The summed E-state index contributed by atoms with van der Waals surface area (Å²) in [5.41, 5.74) is 0. The molecule has 434 valence electrons. The zero-order chi connectivity index (χ0) is 54.7. The number of aliphatic hydroxyl groups excluding tert-OH is 2. The van der Waals surface area contributed by atoms with Crippen molar-refractivity contribution in [1.82, 2.24) is 0 Å². The minimum Gasteiger partial charge on any atom is -0.479 e. The number of hydrogen-bond acceptors (Lipinski definition) is 11. The van der Waals surface area contributed by atoms with Crippen molar-refractivity contribution in [2.24, 2.45) is 0 Å². The molecule has 12 heteroatoms. The van der Waals surface area contributed by atoms with E-state index >= 15 is 0 Å². The number of esters is 3. The molecule has 1 aliphatic heterocycles.